The molecule has 0 aromatic carbocycles. The molecular weight excluding hydrogens is 311 g/mol. The lowest BCUT2D eigenvalue weighted by molar-refractivity contribution is -0.163. The Kier molecular flexibility index (Phi) is 4.91. The molecule has 0 amide bonds. The van der Waals surface area contributed by atoms with E-state index >= 15 is 0 Å². The van der Waals surface area contributed by atoms with Crippen LogP contribution in [-0.4, -0.2) is 46.0 Å². The standard InChI is InChI=1S/C15H21BN4O4/c1-18-11-12(17-14(18)16)19(2)15(22)20(13(11)21)7-5-9-24-10-6-3-4-8-23-10/h10H,3-9H2,1-2H3. The van der Waals surface area contributed by atoms with Gasteiger partial charge in [0.25, 0.3) is 5.56 Å². The molecule has 9 heteroatoms. The molecule has 3 rings (SSSR count). The van der Waals surface area contributed by atoms with Crippen LogP contribution in [0.3, 0.4) is 0 Å². The summed E-state index contributed by atoms with van der Waals surface area (Å²) in [4.78, 5) is 29.1. The Morgan fingerprint density at radius 3 is 2.79 bits per heavy atom. The van der Waals surface area contributed by atoms with Gasteiger partial charge in [0.1, 0.15) is 0 Å². The maximum Gasteiger partial charge on any atom is 0.332 e. The van der Waals surface area contributed by atoms with Crippen molar-refractivity contribution in [3.05, 3.63) is 20.8 Å². The van der Waals surface area contributed by atoms with Gasteiger partial charge in [0.05, 0.1) is 12.3 Å². The van der Waals surface area contributed by atoms with Crippen LogP contribution in [0, 0.1) is 0 Å². The maximum absolute atomic E-state index is 12.6. The minimum Gasteiger partial charge on any atom is -0.353 e. The highest BCUT2D eigenvalue weighted by Gasteiger charge is 2.17. The third-order valence-corrected chi connectivity index (χ3v) is 4.36. The molecule has 128 valence electrons. The molecule has 24 heavy (non-hydrogen) atoms. The number of aromatic nitrogens is 4. The molecular formula is C15H21BN4O4. The zero-order valence-corrected chi connectivity index (χ0v) is 14.0. The minimum atomic E-state index is -0.403. The van der Waals surface area contributed by atoms with E-state index in [0.717, 1.165) is 25.9 Å². The van der Waals surface area contributed by atoms with Gasteiger partial charge in [-0.05, 0) is 25.7 Å². The SMILES string of the molecule is [B]c1nc2c(c(=O)n(CCCOC3CCCCO3)c(=O)n2C)n1C. The summed E-state index contributed by atoms with van der Waals surface area (Å²) in [6.07, 6.45) is 3.44. The summed E-state index contributed by atoms with van der Waals surface area (Å²) in [6.45, 7) is 1.44. The van der Waals surface area contributed by atoms with Gasteiger partial charge in [0, 0.05) is 27.2 Å². The van der Waals surface area contributed by atoms with Gasteiger partial charge >= 0.3 is 5.69 Å². The summed E-state index contributed by atoms with van der Waals surface area (Å²) in [7, 11) is 8.99. The highest BCUT2D eigenvalue weighted by atomic mass is 16.7. The summed E-state index contributed by atoms with van der Waals surface area (Å²) in [5.41, 5.74) is 0.0418. The number of ether oxygens (including phenoxy) is 2. The molecule has 8 nitrogen and oxygen atoms in total. The van der Waals surface area contributed by atoms with Crippen molar-refractivity contribution in [3.8, 4) is 0 Å². The average molecular weight is 332 g/mol. The van der Waals surface area contributed by atoms with Crippen LogP contribution in [0.5, 0.6) is 0 Å². The zero-order chi connectivity index (χ0) is 17.3. The lowest BCUT2D eigenvalue weighted by Gasteiger charge is -2.22. The normalized spacial score (nSPS) is 18.3. The third-order valence-electron chi connectivity index (χ3n) is 4.36. The summed E-state index contributed by atoms with van der Waals surface area (Å²) in [6, 6.07) is 0. The molecule has 0 N–H and O–H groups in total. The lowest BCUT2D eigenvalue weighted by atomic mass is 10.1. The molecule has 0 spiro atoms. The molecule has 1 aliphatic heterocycles. The van der Waals surface area contributed by atoms with Crippen molar-refractivity contribution in [2.75, 3.05) is 13.2 Å². The van der Waals surface area contributed by atoms with Gasteiger partial charge in [-0.3, -0.25) is 13.9 Å². The fourth-order valence-corrected chi connectivity index (χ4v) is 2.94. The number of fused-ring (bicyclic) bond motifs is 1. The molecule has 1 atom stereocenters. The van der Waals surface area contributed by atoms with Crippen LogP contribution < -0.4 is 17.0 Å². The Morgan fingerprint density at radius 1 is 1.29 bits per heavy atom. The summed E-state index contributed by atoms with van der Waals surface area (Å²) in [5, 5.41) is 0. The fourth-order valence-electron chi connectivity index (χ4n) is 2.94. The van der Waals surface area contributed by atoms with Crippen molar-refractivity contribution in [1.29, 1.82) is 0 Å². The second-order valence-electron chi connectivity index (χ2n) is 6.02. The smallest absolute Gasteiger partial charge is 0.332 e. The fraction of sp³-hybridized carbons (Fsp3) is 0.667. The quantitative estimate of drug-likeness (QED) is 0.527. The van der Waals surface area contributed by atoms with E-state index in [1.54, 1.807) is 14.1 Å². The van der Waals surface area contributed by atoms with Crippen LogP contribution >= 0.6 is 0 Å². The first kappa shape index (κ1) is 17.0. The van der Waals surface area contributed by atoms with E-state index < -0.39 is 5.69 Å². The van der Waals surface area contributed by atoms with Crippen LogP contribution in [0.15, 0.2) is 9.59 Å². The predicted octanol–water partition coefficient (Wildman–Crippen LogP) is -0.839. The topological polar surface area (TPSA) is 80.3 Å². The summed E-state index contributed by atoms with van der Waals surface area (Å²) >= 11 is 0. The zero-order valence-electron chi connectivity index (χ0n) is 14.0. The second kappa shape index (κ2) is 6.94. The molecule has 2 aromatic heterocycles. The summed E-state index contributed by atoms with van der Waals surface area (Å²) < 4.78 is 15.2. The molecule has 0 saturated carbocycles. The molecule has 0 aliphatic carbocycles. The van der Waals surface area contributed by atoms with Gasteiger partial charge in [-0.2, -0.15) is 0 Å². The number of rotatable bonds is 5. The van der Waals surface area contributed by atoms with Crippen molar-refractivity contribution in [2.24, 2.45) is 14.1 Å². The third kappa shape index (κ3) is 3.05. The molecule has 2 aromatic rings. The van der Waals surface area contributed by atoms with Crippen LogP contribution in [-0.2, 0) is 30.1 Å². The van der Waals surface area contributed by atoms with Gasteiger partial charge in [0.15, 0.2) is 25.3 Å². The number of aryl methyl sites for hydroxylation is 2. The van der Waals surface area contributed by atoms with E-state index in [4.69, 9.17) is 17.3 Å². The van der Waals surface area contributed by atoms with E-state index in [0.29, 0.717) is 24.2 Å². The highest BCUT2D eigenvalue weighted by molar-refractivity contribution is 6.30. The van der Waals surface area contributed by atoms with Crippen LogP contribution in [0.4, 0.5) is 0 Å². The van der Waals surface area contributed by atoms with Crippen molar-refractivity contribution in [1.82, 2.24) is 18.7 Å². The molecule has 1 unspecified atom stereocenters. The predicted molar refractivity (Wildman–Crippen MR) is 89.8 cm³/mol. The Labute approximate surface area is 140 Å². The van der Waals surface area contributed by atoms with E-state index in [1.807, 2.05) is 0 Å². The number of hydrogen-bond donors (Lipinski definition) is 0. The number of hydrogen-bond acceptors (Lipinski definition) is 5. The van der Waals surface area contributed by atoms with E-state index in [-0.39, 0.29) is 24.1 Å². The molecule has 1 saturated heterocycles. The van der Waals surface area contributed by atoms with Crippen molar-refractivity contribution in [2.45, 2.75) is 38.5 Å². The first-order valence-corrected chi connectivity index (χ1v) is 8.15. The van der Waals surface area contributed by atoms with Gasteiger partial charge in [-0.1, -0.05) is 0 Å². The van der Waals surface area contributed by atoms with Crippen molar-refractivity contribution >= 4 is 24.7 Å². The average Bonchev–Trinajstić information content (AvgIpc) is 2.88. The first-order chi connectivity index (χ1) is 11.5. The Morgan fingerprint density at radius 2 is 2.08 bits per heavy atom. The van der Waals surface area contributed by atoms with Crippen LogP contribution in [0.2, 0.25) is 0 Å². The number of imidazole rings is 1. The van der Waals surface area contributed by atoms with Gasteiger partial charge < -0.3 is 14.0 Å². The Hall–Kier alpha value is -1.87. The van der Waals surface area contributed by atoms with Gasteiger partial charge in [-0.15, -0.1) is 0 Å². The monoisotopic (exact) mass is 332 g/mol. The van der Waals surface area contributed by atoms with Gasteiger partial charge in [-0.25, -0.2) is 9.78 Å². The van der Waals surface area contributed by atoms with E-state index in [1.165, 1.54) is 13.7 Å². The van der Waals surface area contributed by atoms with E-state index in [9.17, 15) is 9.59 Å². The van der Waals surface area contributed by atoms with E-state index in [2.05, 4.69) is 4.98 Å². The largest absolute Gasteiger partial charge is 0.353 e. The maximum atomic E-state index is 12.6. The molecule has 3 heterocycles. The van der Waals surface area contributed by atoms with Gasteiger partial charge in [0.2, 0.25) is 0 Å². The van der Waals surface area contributed by atoms with Crippen LogP contribution in [0.1, 0.15) is 25.7 Å². The summed E-state index contributed by atoms with van der Waals surface area (Å²) in [5.74, 6) is 0. The molecule has 2 radical (unpaired) electrons. The van der Waals surface area contributed by atoms with Crippen molar-refractivity contribution < 1.29 is 9.47 Å². The number of nitrogens with zero attached hydrogens (tertiary/aromatic N) is 4. The molecule has 1 aliphatic rings. The second-order valence-corrected chi connectivity index (χ2v) is 6.02. The highest BCUT2D eigenvalue weighted by Crippen LogP contribution is 2.13. The van der Waals surface area contributed by atoms with Crippen LogP contribution in [0.25, 0.3) is 11.2 Å². The lowest BCUT2D eigenvalue weighted by Crippen LogP contribution is -2.40. The Balaban J connectivity index is 1.76. The molecule has 0 bridgehead atoms. The van der Waals surface area contributed by atoms with Crippen molar-refractivity contribution in [3.63, 3.8) is 0 Å². The first-order valence-electron chi connectivity index (χ1n) is 8.15. The Bertz CT molecular complexity index is 848. The minimum absolute atomic E-state index is 0.169. The molecule has 1 fully saturated rings.